The van der Waals surface area contributed by atoms with Gasteiger partial charge in [-0.05, 0) is 19.1 Å². The Morgan fingerprint density at radius 2 is 1.81 bits per heavy atom. The lowest BCUT2D eigenvalue weighted by atomic mass is 10.2. The molecule has 1 aromatic carbocycles. The van der Waals surface area contributed by atoms with Gasteiger partial charge >= 0.3 is 0 Å². The number of piperazine rings is 1. The predicted molar refractivity (Wildman–Crippen MR) is 101 cm³/mol. The summed E-state index contributed by atoms with van der Waals surface area (Å²) in [6.07, 6.45) is 3.01. The third-order valence-electron chi connectivity index (χ3n) is 4.44. The maximum absolute atomic E-state index is 12.7. The van der Waals surface area contributed by atoms with Gasteiger partial charge in [0.2, 0.25) is 0 Å². The number of nitrogens with zero attached hydrogens (tertiary/aromatic N) is 5. The number of para-hydroxylation sites is 1. The molecule has 138 valence electrons. The first-order valence-electron chi connectivity index (χ1n) is 8.81. The zero-order valence-electron chi connectivity index (χ0n) is 15.0. The second-order valence-corrected chi connectivity index (χ2v) is 6.35. The Hall–Kier alpha value is -3.42. The van der Waals surface area contributed by atoms with Crippen LogP contribution in [-0.4, -0.2) is 52.1 Å². The van der Waals surface area contributed by atoms with Crippen molar-refractivity contribution in [3.8, 4) is 0 Å². The summed E-state index contributed by atoms with van der Waals surface area (Å²) >= 11 is 0. The summed E-state index contributed by atoms with van der Waals surface area (Å²) < 4.78 is 4.99. The number of carbonyl (C=O) groups excluding carboxylic acids is 1. The number of hydrogen-bond donors (Lipinski definition) is 1. The van der Waals surface area contributed by atoms with E-state index in [2.05, 4.69) is 37.5 Å². The van der Waals surface area contributed by atoms with Crippen molar-refractivity contribution in [1.82, 2.24) is 20.0 Å². The van der Waals surface area contributed by atoms with Crippen LogP contribution in [0.4, 0.5) is 17.3 Å². The van der Waals surface area contributed by atoms with Crippen LogP contribution < -0.4 is 10.2 Å². The Kier molecular flexibility index (Phi) is 4.69. The lowest BCUT2D eigenvalue weighted by Crippen LogP contribution is -2.49. The van der Waals surface area contributed by atoms with Gasteiger partial charge in [0.15, 0.2) is 5.82 Å². The van der Waals surface area contributed by atoms with Crippen LogP contribution in [0.15, 0.2) is 53.3 Å². The van der Waals surface area contributed by atoms with E-state index in [4.69, 9.17) is 4.52 Å². The normalized spacial score (nSPS) is 14.3. The van der Waals surface area contributed by atoms with Crippen molar-refractivity contribution in [3.63, 3.8) is 0 Å². The lowest BCUT2D eigenvalue weighted by Gasteiger charge is -2.35. The Labute approximate surface area is 156 Å². The lowest BCUT2D eigenvalue weighted by molar-refractivity contribution is 0.0740. The van der Waals surface area contributed by atoms with Gasteiger partial charge in [0.1, 0.15) is 17.3 Å². The van der Waals surface area contributed by atoms with E-state index in [1.807, 2.05) is 30.0 Å². The van der Waals surface area contributed by atoms with Crippen LogP contribution in [-0.2, 0) is 0 Å². The van der Waals surface area contributed by atoms with Gasteiger partial charge in [0.05, 0.1) is 12.4 Å². The number of aromatic nitrogens is 3. The van der Waals surface area contributed by atoms with Crippen molar-refractivity contribution < 1.29 is 9.32 Å². The molecular weight excluding hydrogens is 344 g/mol. The van der Waals surface area contributed by atoms with Gasteiger partial charge in [-0.15, -0.1) is 0 Å². The smallest absolute Gasteiger partial charge is 0.274 e. The monoisotopic (exact) mass is 364 g/mol. The molecule has 1 aliphatic rings. The molecule has 1 fully saturated rings. The standard InChI is InChI=1S/C19H20N6O2/c1-14-11-17(23-27-14)22-18-13-20-16(12-21-18)19(26)25-9-7-24(8-10-25)15-5-3-2-4-6-15/h2-6,11-13H,7-10H2,1H3,(H,21,22,23). The molecular formula is C19H20N6O2. The van der Waals surface area contributed by atoms with E-state index in [0.29, 0.717) is 36.2 Å². The topological polar surface area (TPSA) is 87.4 Å². The van der Waals surface area contributed by atoms with Gasteiger partial charge in [-0.2, -0.15) is 0 Å². The van der Waals surface area contributed by atoms with Gasteiger partial charge in [-0.1, -0.05) is 23.4 Å². The van der Waals surface area contributed by atoms with E-state index in [9.17, 15) is 4.79 Å². The summed E-state index contributed by atoms with van der Waals surface area (Å²) in [5.41, 5.74) is 1.52. The van der Waals surface area contributed by atoms with Crippen LogP contribution in [0.1, 0.15) is 16.2 Å². The molecule has 8 nitrogen and oxygen atoms in total. The SMILES string of the molecule is Cc1cc(Nc2cnc(C(=O)N3CCN(c4ccccc4)CC3)cn2)no1. The number of rotatable bonds is 4. The number of aryl methyl sites for hydroxylation is 1. The summed E-state index contributed by atoms with van der Waals surface area (Å²) in [6.45, 7) is 4.73. The minimum atomic E-state index is -0.0981. The molecule has 0 radical (unpaired) electrons. The molecule has 8 heteroatoms. The van der Waals surface area contributed by atoms with Crippen molar-refractivity contribution in [2.45, 2.75) is 6.92 Å². The van der Waals surface area contributed by atoms with Crippen molar-refractivity contribution in [2.24, 2.45) is 0 Å². The Morgan fingerprint density at radius 3 is 2.44 bits per heavy atom. The zero-order chi connectivity index (χ0) is 18.6. The molecule has 0 bridgehead atoms. The Bertz CT molecular complexity index is 901. The third kappa shape index (κ3) is 3.89. The van der Waals surface area contributed by atoms with Crippen molar-refractivity contribution in [1.29, 1.82) is 0 Å². The number of anilines is 3. The highest BCUT2D eigenvalue weighted by atomic mass is 16.5. The van der Waals surface area contributed by atoms with Gasteiger partial charge in [-0.3, -0.25) is 4.79 Å². The minimum absolute atomic E-state index is 0.0981. The predicted octanol–water partition coefficient (Wildman–Crippen LogP) is 2.48. The van der Waals surface area contributed by atoms with E-state index in [-0.39, 0.29) is 5.91 Å². The summed E-state index contributed by atoms with van der Waals surface area (Å²) in [5, 5.41) is 6.82. The van der Waals surface area contributed by atoms with E-state index < -0.39 is 0 Å². The highest BCUT2D eigenvalue weighted by Gasteiger charge is 2.23. The molecule has 2 aromatic heterocycles. The first-order chi connectivity index (χ1) is 13.2. The molecule has 1 N–H and O–H groups in total. The fourth-order valence-corrected chi connectivity index (χ4v) is 3.03. The van der Waals surface area contributed by atoms with Crippen molar-refractivity contribution >= 4 is 23.2 Å². The second-order valence-electron chi connectivity index (χ2n) is 6.35. The average Bonchev–Trinajstić information content (AvgIpc) is 3.13. The molecule has 1 saturated heterocycles. The minimum Gasteiger partial charge on any atom is -0.368 e. The maximum atomic E-state index is 12.7. The molecule has 1 aliphatic heterocycles. The highest BCUT2D eigenvalue weighted by molar-refractivity contribution is 5.92. The number of amides is 1. The van der Waals surface area contributed by atoms with Crippen LogP contribution in [0.25, 0.3) is 0 Å². The van der Waals surface area contributed by atoms with Gasteiger partial charge in [-0.25, -0.2) is 9.97 Å². The summed E-state index contributed by atoms with van der Waals surface area (Å²) in [4.78, 5) is 25.3. The maximum Gasteiger partial charge on any atom is 0.274 e. The molecule has 3 aromatic rings. The molecule has 4 rings (SSSR count). The fraction of sp³-hybridized carbons (Fsp3) is 0.263. The summed E-state index contributed by atoms with van der Waals surface area (Å²) in [7, 11) is 0. The zero-order valence-corrected chi connectivity index (χ0v) is 15.0. The quantitative estimate of drug-likeness (QED) is 0.761. The van der Waals surface area contributed by atoms with Gasteiger partial charge in [0.25, 0.3) is 5.91 Å². The Morgan fingerprint density at radius 1 is 1.04 bits per heavy atom. The number of nitrogens with one attached hydrogen (secondary N) is 1. The molecule has 3 heterocycles. The van der Waals surface area contributed by atoms with Gasteiger partial charge < -0.3 is 19.6 Å². The average molecular weight is 364 g/mol. The van der Waals surface area contributed by atoms with Crippen LogP contribution >= 0.6 is 0 Å². The second kappa shape index (κ2) is 7.45. The molecule has 0 unspecified atom stereocenters. The van der Waals surface area contributed by atoms with Crippen molar-refractivity contribution in [3.05, 3.63) is 60.2 Å². The molecule has 0 atom stereocenters. The molecule has 1 amide bonds. The summed E-state index contributed by atoms with van der Waals surface area (Å²) in [6, 6.07) is 12.0. The van der Waals surface area contributed by atoms with Crippen LogP contribution in [0.5, 0.6) is 0 Å². The first-order valence-corrected chi connectivity index (χ1v) is 8.81. The molecule has 0 aliphatic carbocycles. The van der Waals surface area contributed by atoms with Crippen LogP contribution in [0.2, 0.25) is 0 Å². The van der Waals surface area contributed by atoms with E-state index in [1.165, 1.54) is 18.1 Å². The highest BCUT2D eigenvalue weighted by Crippen LogP contribution is 2.17. The van der Waals surface area contributed by atoms with Crippen LogP contribution in [0, 0.1) is 6.92 Å². The number of hydrogen-bond acceptors (Lipinski definition) is 7. The van der Waals surface area contributed by atoms with E-state index in [0.717, 1.165) is 13.1 Å². The fourth-order valence-electron chi connectivity index (χ4n) is 3.03. The molecule has 27 heavy (non-hydrogen) atoms. The summed E-state index contributed by atoms with van der Waals surface area (Å²) in [5.74, 6) is 1.66. The van der Waals surface area contributed by atoms with E-state index >= 15 is 0 Å². The number of carbonyl (C=O) groups is 1. The van der Waals surface area contributed by atoms with Crippen molar-refractivity contribution in [2.75, 3.05) is 36.4 Å². The molecule has 0 spiro atoms. The first kappa shape index (κ1) is 17.0. The van der Waals surface area contributed by atoms with Crippen LogP contribution in [0.3, 0.4) is 0 Å². The largest absolute Gasteiger partial charge is 0.368 e. The third-order valence-corrected chi connectivity index (χ3v) is 4.44. The number of benzene rings is 1. The molecule has 0 saturated carbocycles. The van der Waals surface area contributed by atoms with Gasteiger partial charge in [0, 0.05) is 37.9 Å². The van der Waals surface area contributed by atoms with E-state index in [1.54, 1.807) is 6.07 Å². The Balaban J connectivity index is 1.36.